The van der Waals surface area contributed by atoms with Crippen LogP contribution >= 0.6 is 0 Å². The molecule has 0 saturated carbocycles. The van der Waals surface area contributed by atoms with E-state index in [1.165, 1.54) is 0 Å². The van der Waals surface area contributed by atoms with Gasteiger partial charge >= 0.3 is 0 Å². The maximum atomic E-state index is 12.0. The highest BCUT2D eigenvalue weighted by molar-refractivity contribution is 6.12. The average Bonchev–Trinajstić information content (AvgIpc) is 2.85. The SMILES string of the molecule is CC1=CC(=O)NC2=CC(=NC(=O)C3CCC(=O)N3)C=CC12. The molecule has 6 heteroatoms. The Labute approximate surface area is 121 Å². The van der Waals surface area contributed by atoms with E-state index in [1.54, 1.807) is 18.2 Å². The Morgan fingerprint density at radius 2 is 2.14 bits per heavy atom. The van der Waals surface area contributed by atoms with Gasteiger partial charge in [0.05, 0.1) is 5.71 Å². The third-order valence-corrected chi connectivity index (χ3v) is 3.75. The van der Waals surface area contributed by atoms with Crippen LogP contribution < -0.4 is 10.6 Å². The Kier molecular flexibility index (Phi) is 3.29. The van der Waals surface area contributed by atoms with Gasteiger partial charge in [-0.05, 0) is 25.5 Å². The number of nitrogens with zero attached hydrogens (tertiary/aromatic N) is 1. The van der Waals surface area contributed by atoms with Gasteiger partial charge in [-0.2, -0.15) is 0 Å². The minimum atomic E-state index is -0.530. The number of nitrogens with one attached hydrogen (secondary N) is 2. The maximum absolute atomic E-state index is 12.0. The summed E-state index contributed by atoms with van der Waals surface area (Å²) in [5.74, 6) is -0.612. The Morgan fingerprint density at radius 1 is 1.33 bits per heavy atom. The maximum Gasteiger partial charge on any atom is 0.268 e. The van der Waals surface area contributed by atoms with Crippen molar-refractivity contribution in [2.45, 2.75) is 25.8 Å². The van der Waals surface area contributed by atoms with Crippen LogP contribution in [0, 0.1) is 5.92 Å². The lowest BCUT2D eigenvalue weighted by Crippen LogP contribution is -2.34. The summed E-state index contributed by atoms with van der Waals surface area (Å²) in [7, 11) is 0. The number of amides is 3. The van der Waals surface area contributed by atoms with Crippen molar-refractivity contribution < 1.29 is 14.4 Å². The zero-order chi connectivity index (χ0) is 15.0. The molecule has 2 unspecified atom stereocenters. The molecule has 3 amide bonds. The molecule has 0 aromatic carbocycles. The lowest BCUT2D eigenvalue weighted by molar-refractivity contribution is -0.123. The number of allylic oxidation sites excluding steroid dienone is 3. The minimum absolute atomic E-state index is 0.0305. The molecule has 2 heterocycles. The monoisotopic (exact) mass is 285 g/mol. The number of hydrogen-bond donors (Lipinski definition) is 2. The number of carbonyl (C=O) groups excluding carboxylic acids is 3. The second-order valence-corrected chi connectivity index (χ2v) is 5.35. The summed E-state index contributed by atoms with van der Waals surface area (Å²) in [6, 6.07) is -0.530. The van der Waals surface area contributed by atoms with Gasteiger partial charge < -0.3 is 10.6 Å². The van der Waals surface area contributed by atoms with Crippen molar-refractivity contribution in [2.75, 3.05) is 0 Å². The first-order chi connectivity index (χ1) is 10.0. The largest absolute Gasteiger partial charge is 0.344 e. The highest BCUT2D eigenvalue weighted by atomic mass is 16.2. The number of rotatable bonds is 1. The third kappa shape index (κ3) is 2.69. The fourth-order valence-electron chi connectivity index (χ4n) is 2.66. The number of aliphatic imine (C=N–C) groups is 1. The molecule has 3 rings (SSSR count). The molecule has 108 valence electrons. The van der Waals surface area contributed by atoms with Crippen molar-refractivity contribution in [3.8, 4) is 0 Å². The molecule has 6 nitrogen and oxygen atoms in total. The van der Waals surface area contributed by atoms with Gasteiger partial charge in [0, 0.05) is 24.1 Å². The quantitative estimate of drug-likeness (QED) is 0.730. The molecular formula is C15H15N3O3. The van der Waals surface area contributed by atoms with Gasteiger partial charge in [-0.15, -0.1) is 0 Å². The molecule has 2 N–H and O–H groups in total. The van der Waals surface area contributed by atoms with Crippen LogP contribution in [0.25, 0.3) is 0 Å². The van der Waals surface area contributed by atoms with E-state index in [2.05, 4.69) is 15.6 Å². The molecule has 3 aliphatic rings. The lowest BCUT2D eigenvalue weighted by atomic mass is 9.89. The predicted molar refractivity (Wildman–Crippen MR) is 76.2 cm³/mol. The molecule has 0 spiro atoms. The summed E-state index contributed by atoms with van der Waals surface area (Å²) in [4.78, 5) is 38.6. The molecule has 0 aromatic heterocycles. The van der Waals surface area contributed by atoms with Crippen molar-refractivity contribution in [3.63, 3.8) is 0 Å². The van der Waals surface area contributed by atoms with Gasteiger partial charge in [-0.25, -0.2) is 4.99 Å². The Bertz CT molecular complexity index is 655. The van der Waals surface area contributed by atoms with Crippen molar-refractivity contribution in [2.24, 2.45) is 10.9 Å². The van der Waals surface area contributed by atoms with Crippen LogP contribution in [0.3, 0.4) is 0 Å². The molecule has 2 atom stereocenters. The van der Waals surface area contributed by atoms with Crippen LogP contribution in [0.5, 0.6) is 0 Å². The van der Waals surface area contributed by atoms with Gasteiger partial charge in [-0.3, -0.25) is 14.4 Å². The summed E-state index contributed by atoms with van der Waals surface area (Å²) >= 11 is 0. The zero-order valence-electron chi connectivity index (χ0n) is 11.6. The highest BCUT2D eigenvalue weighted by Gasteiger charge is 2.28. The van der Waals surface area contributed by atoms with Gasteiger partial charge in [0.15, 0.2) is 0 Å². The van der Waals surface area contributed by atoms with Crippen LogP contribution in [-0.2, 0) is 14.4 Å². The Morgan fingerprint density at radius 3 is 2.86 bits per heavy atom. The van der Waals surface area contributed by atoms with E-state index in [0.717, 1.165) is 11.3 Å². The molecule has 2 aliphatic heterocycles. The normalized spacial score (nSPS) is 29.5. The van der Waals surface area contributed by atoms with Crippen molar-refractivity contribution >= 4 is 23.4 Å². The second-order valence-electron chi connectivity index (χ2n) is 5.35. The first-order valence-electron chi connectivity index (χ1n) is 6.84. The van der Waals surface area contributed by atoms with Crippen LogP contribution in [-0.4, -0.2) is 29.5 Å². The molecule has 21 heavy (non-hydrogen) atoms. The summed E-state index contributed by atoms with van der Waals surface area (Å²) in [5, 5.41) is 5.36. The van der Waals surface area contributed by atoms with E-state index in [9.17, 15) is 14.4 Å². The summed E-state index contributed by atoms with van der Waals surface area (Å²) in [6.07, 6.45) is 7.77. The molecule has 1 aliphatic carbocycles. The first-order valence-corrected chi connectivity index (χ1v) is 6.84. The van der Waals surface area contributed by atoms with Crippen molar-refractivity contribution in [1.29, 1.82) is 0 Å². The summed E-state index contributed by atoms with van der Waals surface area (Å²) < 4.78 is 0. The molecule has 0 radical (unpaired) electrons. The predicted octanol–water partition coefficient (Wildman–Crippen LogP) is 0.379. The zero-order valence-corrected chi connectivity index (χ0v) is 11.6. The van der Waals surface area contributed by atoms with Gasteiger partial charge in [-0.1, -0.05) is 11.6 Å². The Hall–Kier alpha value is -2.50. The minimum Gasteiger partial charge on any atom is -0.344 e. The van der Waals surface area contributed by atoms with E-state index >= 15 is 0 Å². The van der Waals surface area contributed by atoms with Crippen LogP contribution in [0.1, 0.15) is 19.8 Å². The molecular weight excluding hydrogens is 270 g/mol. The molecule has 0 bridgehead atoms. The Balaban J connectivity index is 1.79. The topological polar surface area (TPSA) is 87.6 Å². The van der Waals surface area contributed by atoms with E-state index in [-0.39, 0.29) is 23.6 Å². The van der Waals surface area contributed by atoms with Crippen LogP contribution in [0.4, 0.5) is 0 Å². The van der Waals surface area contributed by atoms with E-state index in [4.69, 9.17) is 0 Å². The van der Waals surface area contributed by atoms with Crippen LogP contribution in [0.15, 0.2) is 40.6 Å². The van der Waals surface area contributed by atoms with Gasteiger partial charge in [0.2, 0.25) is 11.8 Å². The molecule has 1 saturated heterocycles. The standard InChI is InChI=1S/C15H15N3O3/c1-8-6-14(20)18-12-7-9(2-3-10(8)12)16-15(21)11-4-5-13(19)17-11/h2-3,6-7,10-11H,4-5H2,1H3,(H,17,19)(H,18,20). The summed E-state index contributed by atoms with van der Waals surface area (Å²) in [5.41, 5.74) is 2.17. The first kappa shape index (κ1) is 13.5. The summed E-state index contributed by atoms with van der Waals surface area (Å²) in [6.45, 7) is 1.89. The van der Waals surface area contributed by atoms with Gasteiger partial charge in [0.25, 0.3) is 5.91 Å². The van der Waals surface area contributed by atoms with Crippen LogP contribution in [0.2, 0.25) is 0 Å². The smallest absolute Gasteiger partial charge is 0.268 e. The van der Waals surface area contributed by atoms with Crippen molar-refractivity contribution in [1.82, 2.24) is 10.6 Å². The lowest BCUT2D eigenvalue weighted by Gasteiger charge is -2.25. The number of fused-ring (bicyclic) bond motifs is 1. The van der Waals surface area contributed by atoms with E-state index in [0.29, 0.717) is 18.6 Å². The molecule has 0 aromatic rings. The number of hydrogen-bond acceptors (Lipinski definition) is 3. The van der Waals surface area contributed by atoms with E-state index < -0.39 is 6.04 Å². The molecule has 1 fully saturated rings. The highest BCUT2D eigenvalue weighted by Crippen LogP contribution is 2.26. The average molecular weight is 285 g/mol. The third-order valence-electron chi connectivity index (χ3n) is 3.75. The van der Waals surface area contributed by atoms with Gasteiger partial charge in [0.1, 0.15) is 6.04 Å². The fourth-order valence-corrected chi connectivity index (χ4v) is 2.66. The van der Waals surface area contributed by atoms with Crippen molar-refractivity contribution in [3.05, 3.63) is 35.6 Å². The second kappa shape index (κ2) is 5.12. The fraction of sp³-hybridized carbons (Fsp3) is 0.333. The number of carbonyl (C=O) groups is 3. The van der Waals surface area contributed by atoms with E-state index in [1.807, 2.05) is 13.0 Å².